The van der Waals surface area contributed by atoms with Gasteiger partial charge in [0.25, 0.3) is 0 Å². The van der Waals surface area contributed by atoms with Crippen molar-refractivity contribution in [2.45, 2.75) is 32.0 Å². The Morgan fingerprint density at radius 3 is 2.68 bits per heavy atom. The molecule has 0 aliphatic heterocycles. The van der Waals surface area contributed by atoms with Gasteiger partial charge in [-0.3, -0.25) is 4.90 Å². The highest BCUT2D eigenvalue weighted by Crippen LogP contribution is 2.29. The van der Waals surface area contributed by atoms with Gasteiger partial charge in [-0.05, 0) is 24.5 Å². The first-order valence-electron chi connectivity index (χ1n) is 6.87. The van der Waals surface area contributed by atoms with Gasteiger partial charge in [-0.25, -0.2) is 0 Å². The molecule has 19 heavy (non-hydrogen) atoms. The lowest BCUT2D eigenvalue weighted by Gasteiger charge is -2.22. The molecule has 0 saturated heterocycles. The molecule has 0 amide bonds. The first kappa shape index (κ1) is 14.3. The summed E-state index contributed by atoms with van der Waals surface area (Å²) in [5.41, 5.74) is 8.03. The highest BCUT2D eigenvalue weighted by molar-refractivity contribution is 5.37. The summed E-state index contributed by atoms with van der Waals surface area (Å²) >= 11 is 0. The van der Waals surface area contributed by atoms with Crippen LogP contribution in [0.5, 0.6) is 5.75 Å². The van der Waals surface area contributed by atoms with E-state index >= 15 is 0 Å². The summed E-state index contributed by atoms with van der Waals surface area (Å²) in [7, 11) is 3.45. The van der Waals surface area contributed by atoms with Gasteiger partial charge >= 0.3 is 0 Å². The van der Waals surface area contributed by atoms with Crippen molar-refractivity contribution in [3.63, 3.8) is 0 Å². The molecule has 4 nitrogen and oxygen atoms in total. The fourth-order valence-corrected chi connectivity index (χ4v) is 2.33. The third kappa shape index (κ3) is 3.93. The first-order chi connectivity index (χ1) is 9.28. The summed E-state index contributed by atoms with van der Waals surface area (Å²) < 4.78 is 10.6. The van der Waals surface area contributed by atoms with Crippen molar-refractivity contribution in [1.82, 2.24) is 4.90 Å². The van der Waals surface area contributed by atoms with E-state index in [1.165, 1.54) is 18.4 Å². The van der Waals surface area contributed by atoms with Crippen LogP contribution in [0.3, 0.4) is 0 Å². The molecule has 106 valence electrons. The third-order valence-corrected chi connectivity index (χ3v) is 3.60. The normalized spacial score (nSPS) is 14.9. The van der Waals surface area contributed by atoms with Crippen molar-refractivity contribution in [1.29, 1.82) is 0 Å². The van der Waals surface area contributed by atoms with E-state index in [-0.39, 0.29) is 0 Å². The van der Waals surface area contributed by atoms with Crippen LogP contribution in [0.2, 0.25) is 0 Å². The molecular weight excluding hydrogens is 240 g/mol. The van der Waals surface area contributed by atoms with Gasteiger partial charge in [-0.1, -0.05) is 12.1 Å². The number of methoxy groups -OCH3 is 2. The number of rotatable bonds is 8. The van der Waals surface area contributed by atoms with Crippen LogP contribution in [-0.2, 0) is 17.8 Å². The fraction of sp³-hybridized carbons (Fsp3) is 0.600. The van der Waals surface area contributed by atoms with Crippen LogP contribution in [0, 0.1) is 0 Å². The second kappa shape index (κ2) is 6.89. The molecule has 0 bridgehead atoms. The molecule has 1 aliphatic rings. The molecule has 1 saturated carbocycles. The molecule has 1 aromatic carbocycles. The Morgan fingerprint density at radius 2 is 2.11 bits per heavy atom. The van der Waals surface area contributed by atoms with Crippen LogP contribution in [0.1, 0.15) is 24.0 Å². The Labute approximate surface area is 115 Å². The van der Waals surface area contributed by atoms with E-state index in [2.05, 4.69) is 23.1 Å². The summed E-state index contributed by atoms with van der Waals surface area (Å²) in [6, 6.07) is 7.04. The van der Waals surface area contributed by atoms with Crippen molar-refractivity contribution in [2.24, 2.45) is 5.73 Å². The van der Waals surface area contributed by atoms with E-state index in [4.69, 9.17) is 15.2 Å². The van der Waals surface area contributed by atoms with E-state index in [0.29, 0.717) is 6.54 Å². The monoisotopic (exact) mass is 264 g/mol. The smallest absolute Gasteiger partial charge is 0.123 e. The van der Waals surface area contributed by atoms with E-state index in [1.807, 2.05) is 0 Å². The summed E-state index contributed by atoms with van der Waals surface area (Å²) in [6.07, 6.45) is 2.61. The van der Waals surface area contributed by atoms with Crippen molar-refractivity contribution in [3.05, 3.63) is 29.3 Å². The number of hydrogen-bond acceptors (Lipinski definition) is 4. The topological polar surface area (TPSA) is 47.7 Å². The molecule has 4 heteroatoms. The average molecular weight is 264 g/mol. The maximum Gasteiger partial charge on any atom is 0.123 e. The van der Waals surface area contributed by atoms with Gasteiger partial charge in [-0.2, -0.15) is 0 Å². The first-order valence-corrected chi connectivity index (χ1v) is 6.87. The van der Waals surface area contributed by atoms with Crippen LogP contribution in [0.4, 0.5) is 0 Å². The predicted molar refractivity (Wildman–Crippen MR) is 76.2 cm³/mol. The van der Waals surface area contributed by atoms with Gasteiger partial charge in [0.05, 0.1) is 13.7 Å². The van der Waals surface area contributed by atoms with E-state index in [1.54, 1.807) is 14.2 Å². The molecular formula is C15H24N2O2. The predicted octanol–water partition coefficient (Wildman–Crippen LogP) is 1.76. The molecule has 0 radical (unpaired) electrons. The quantitative estimate of drug-likeness (QED) is 0.777. The lowest BCUT2D eigenvalue weighted by molar-refractivity contribution is 0.139. The number of ether oxygens (including phenoxy) is 2. The lowest BCUT2D eigenvalue weighted by Crippen LogP contribution is -2.29. The van der Waals surface area contributed by atoms with Gasteiger partial charge < -0.3 is 15.2 Å². The molecule has 2 rings (SSSR count). The second-order valence-electron chi connectivity index (χ2n) is 5.04. The van der Waals surface area contributed by atoms with E-state index < -0.39 is 0 Å². The molecule has 0 heterocycles. The molecule has 0 unspecified atom stereocenters. The number of hydrogen-bond donors (Lipinski definition) is 1. The zero-order valence-corrected chi connectivity index (χ0v) is 11.9. The Hall–Kier alpha value is -1.10. The molecule has 1 aliphatic carbocycles. The zero-order chi connectivity index (χ0) is 13.7. The lowest BCUT2D eigenvalue weighted by atomic mass is 10.1. The van der Waals surface area contributed by atoms with Crippen LogP contribution < -0.4 is 10.5 Å². The minimum Gasteiger partial charge on any atom is -0.496 e. The van der Waals surface area contributed by atoms with Gasteiger partial charge in [0.2, 0.25) is 0 Å². The van der Waals surface area contributed by atoms with Crippen LogP contribution in [0.25, 0.3) is 0 Å². The Kier molecular flexibility index (Phi) is 5.19. The van der Waals surface area contributed by atoms with Crippen molar-refractivity contribution in [2.75, 3.05) is 27.4 Å². The SMILES string of the molecule is COCCN(Cc1ccc(CN)c(OC)c1)C1CC1. The highest BCUT2D eigenvalue weighted by Gasteiger charge is 2.28. The van der Waals surface area contributed by atoms with E-state index in [9.17, 15) is 0 Å². The average Bonchev–Trinajstić information content (AvgIpc) is 3.27. The van der Waals surface area contributed by atoms with Crippen molar-refractivity contribution >= 4 is 0 Å². The Morgan fingerprint density at radius 1 is 1.32 bits per heavy atom. The maximum atomic E-state index is 5.69. The summed E-state index contributed by atoms with van der Waals surface area (Å²) in [6.45, 7) is 3.24. The van der Waals surface area contributed by atoms with Crippen LogP contribution in [0.15, 0.2) is 18.2 Å². The highest BCUT2D eigenvalue weighted by atomic mass is 16.5. The third-order valence-electron chi connectivity index (χ3n) is 3.60. The van der Waals surface area contributed by atoms with Gasteiger partial charge in [0.15, 0.2) is 0 Å². The molecule has 0 atom stereocenters. The largest absolute Gasteiger partial charge is 0.496 e. The molecule has 1 aromatic rings. The summed E-state index contributed by atoms with van der Waals surface area (Å²) in [4.78, 5) is 2.49. The minimum absolute atomic E-state index is 0.513. The maximum absolute atomic E-state index is 5.69. The molecule has 0 spiro atoms. The minimum atomic E-state index is 0.513. The molecule has 2 N–H and O–H groups in total. The number of nitrogens with two attached hydrogens (primary N) is 1. The van der Waals surface area contributed by atoms with Crippen LogP contribution >= 0.6 is 0 Å². The Balaban J connectivity index is 2.03. The summed E-state index contributed by atoms with van der Waals surface area (Å²) in [5.74, 6) is 0.891. The van der Waals surface area contributed by atoms with Crippen LogP contribution in [-0.4, -0.2) is 38.3 Å². The van der Waals surface area contributed by atoms with Crippen molar-refractivity contribution in [3.8, 4) is 5.75 Å². The molecule has 0 aromatic heterocycles. The van der Waals surface area contributed by atoms with Crippen molar-refractivity contribution < 1.29 is 9.47 Å². The second-order valence-corrected chi connectivity index (χ2v) is 5.04. The zero-order valence-electron chi connectivity index (χ0n) is 11.9. The van der Waals surface area contributed by atoms with Gasteiger partial charge in [-0.15, -0.1) is 0 Å². The van der Waals surface area contributed by atoms with Gasteiger partial charge in [0, 0.05) is 38.3 Å². The van der Waals surface area contributed by atoms with Gasteiger partial charge in [0.1, 0.15) is 5.75 Å². The molecule has 1 fully saturated rings. The number of benzene rings is 1. The fourth-order valence-electron chi connectivity index (χ4n) is 2.33. The summed E-state index contributed by atoms with van der Waals surface area (Å²) in [5, 5.41) is 0. The Bertz CT molecular complexity index is 405. The number of nitrogens with zero attached hydrogens (tertiary/aromatic N) is 1. The van der Waals surface area contributed by atoms with E-state index in [0.717, 1.165) is 37.1 Å². The standard InChI is InChI=1S/C15H24N2O2/c1-18-8-7-17(14-5-6-14)11-12-3-4-13(10-16)15(9-12)19-2/h3-4,9,14H,5-8,10-11,16H2,1-2H3.